The first-order chi connectivity index (χ1) is 30.9. The summed E-state index contributed by atoms with van der Waals surface area (Å²) in [4.78, 5) is 44.3. The van der Waals surface area contributed by atoms with Crippen molar-refractivity contribution in [2.45, 2.75) is 267 Å². The molecule has 6 aliphatic rings. The van der Waals surface area contributed by atoms with Gasteiger partial charge in [0.2, 0.25) is 0 Å². The summed E-state index contributed by atoms with van der Waals surface area (Å²) in [6.07, 6.45) is 40.1. The Kier molecular flexibility index (Phi) is 22.2. The van der Waals surface area contributed by atoms with E-state index < -0.39 is 27.9 Å². The van der Waals surface area contributed by atoms with Crippen molar-refractivity contribution in [1.29, 1.82) is 0 Å². The summed E-state index contributed by atoms with van der Waals surface area (Å²) in [6, 6.07) is 3.49. The van der Waals surface area contributed by atoms with Crippen molar-refractivity contribution in [3.8, 4) is 0 Å². The van der Waals surface area contributed by atoms with Crippen molar-refractivity contribution in [2.75, 3.05) is 0 Å². The maximum absolute atomic E-state index is 15.0. The van der Waals surface area contributed by atoms with Crippen LogP contribution in [-0.4, -0.2) is 46.6 Å². The lowest BCUT2D eigenvalue weighted by Gasteiger charge is -2.61. The quantitative estimate of drug-likeness (QED) is 0.112. The molecule has 65 heavy (non-hydrogen) atoms. The van der Waals surface area contributed by atoms with Crippen LogP contribution in [-0.2, 0) is 14.4 Å². The summed E-state index contributed by atoms with van der Waals surface area (Å²) < 4.78 is 0. The van der Waals surface area contributed by atoms with Gasteiger partial charge in [0.05, 0.1) is 5.41 Å². The van der Waals surface area contributed by atoms with Crippen LogP contribution in [0.2, 0.25) is 0 Å². The number of nitrogens with one attached hydrogen (secondary N) is 2. The fraction of sp³-hybridized carbons (Fsp3) is 0.780. The maximum Gasteiger partial charge on any atom is 0.184 e. The predicted molar refractivity (Wildman–Crippen MR) is 275 cm³/mol. The lowest BCUT2D eigenvalue weighted by molar-refractivity contribution is -0.180. The van der Waals surface area contributed by atoms with E-state index in [0.29, 0.717) is 25.7 Å². The number of hydrogen-bond acceptors (Lipinski definition) is 6. The zero-order valence-corrected chi connectivity index (χ0v) is 43.8. The van der Waals surface area contributed by atoms with E-state index in [2.05, 4.69) is 22.8 Å². The Morgan fingerprint density at radius 2 is 1.02 bits per heavy atom. The zero-order chi connectivity index (χ0) is 47.8. The monoisotopic (exact) mass is 899 g/mol. The number of hydrogen-bond donors (Lipinski definition) is 3. The molecule has 6 nitrogen and oxygen atoms in total. The van der Waals surface area contributed by atoms with Crippen LogP contribution in [0.1, 0.15) is 243 Å². The Morgan fingerprint density at radius 3 is 1.38 bits per heavy atom. The molecule has 0 aromatic rings. The van der Waals surface area contributed by atoms with Crippen molar-refractivity contribution >= 4 is 17.3 Å². The number of aliphatic hydroxyl groups is 1. The molecule has 6 rings (SSSR count). The van der Waals surface area contributed by atoms with E-state index in [9.17, 15) is 19.5 Å². The SMILES string of the molecule is C1CCC(NC2CCCCC2)CC1.C1CCC(NC2CCCCC2)CC1.CC(C)=CCC[C@]1(C)[C@@H](CC=C(C)C)C[C@@]2(CC=C(C)C)C(=O)[C@]1(C(=O)C(C)C)C(=O)C(CC=C(C)C)=C2O. The molecule has 0 saturated heterocycles. The summed E-state index contributed by atoms with van der Waals surface area (Å²) in [5, 5.41) is 19.6. The molecular formula is C59H98N2O4. The van der Waals surface area contributed by atoms with Crippen LogP contribution in [0, 0.1) is 28.1 Å². The third-order valence-corrected chi connectivity index (χ3v) is 16.3. The number of ketones is 3. The maximum atomic E-state index is 15.0. The lowest BCUT2D eigenvalue weighted by Crippen LogP contribution is -2.71. The van der Waals surface area contributed by atoms with E-state index >= 15 is 0 Å². The molecule has 6 aliphatic carbocycles. The minimum atomic E-state index is -1.83. The van der Waals surface area contributed by atoms with Gasteiger partial charge in [0.1, 0.15) is 5.76 Å². The van der Waals surface area contributed by atoms with Gasteiger partial charge in [-0.25, -0.2) is 0 Å². The van der Waals surface area contributed by atoms with Crippen molar-refractivity contribution in [2.24, 2.45) is 28.1 Å². The molecule has 3 N–H and O–H groups in total. The molecule has 0 unspecified atom stereocenters. The Morgan fingerprint density at radius 1 is 0.615 bits per heavy atom. The van der Waals surface area contributed by atoms with Crippen LogP contribution in [0.4, 0.5) is 0 Å². The predicted octanol–water partition coefficient (Wildman–Crippen LogP) is 15.5. The summed E-state index contributed by atoms with van der Waals surface area (Å²) in [5.74, 6) is -1.93. The molecular weight excluding hydrogens is 801 g/mol. The second-order valence-corrected chi connectivity index (χ2v) is 23.1. The van der Waals surface area contributed by atoms with Crippen molar-refractivity contribution < 1.29 is 19.5 Å². The number of aliphatic hydroxyl groups excluding tert-OH is 1. The molecule has 0 radical (unpaired) electrons. The molecule has 2 bridgehead atoms. The number of carbonyl (C=O) groups is 3. The number of Topliss-reactive ketones (excluding diaryl/α,β-unsaturated/α-hetero) is 3. The molecule has 6 heteroatoms. The van der Waals surface area contributed by atoms with Gasteiger partial charge in [-0.3, -0.25) is 14.4 Å². The summed E-state index contributed by atoms with van der Waals surface area (Å²) in [6.45, 7) is 21.6. The molecule has 0 amide bonds. The van der Waals surface area contributed by atoms with Gasteiger partial charge < -0.3 is 15.7 Å². The highest BCUT2D eigenvalue weighted by Crippen LogP contribution is 2.67. The Balaban J connectivity index is 0.000000282. The van der Waals surface area contributed by atoms with E-state index in [1.54, 1.807) is 13.8 Å². The standard InChI is InChI=1S/C35H52O4.2C12H23N/c1-22(2)13-12-19-33(11)27(16-14-23(3)4)21-34(20-18-25(7)8)30(37)28(17-15-24(5)6)31(38)35(33,32(34)39)29(36)26(9)10;2*1-3-7-11(8-4-1)13-12-9-5-2-6-10-12/h13-15,18,26-27,37H,12,16-17,19-21H2,1-11H3;2*11-13H,1-10H2/t27-,33+,34+,35-;;/m0../s1. The van der Waals surface area contributed by atoms with Gasteiger partial charge in [0, 0.05) is 35.7 Å². The topological polar surface area (TPSA) is 95.5 Å². The van der Waals surface area contributed by atoms with E-state index in [4.69, 9.17) is 0 Å². The first-order valence-corrected chi connectivity index (χ1v) is 27.0. The molecule has 5 fully saturated rings. The van der Waals surface area contributed by atoms with Gasteiger partial charge in [-0.2, -0.15) is 0 Å². The van der Waals surface area contributed by atoms with Gasteiger partial charge in [-0.05, 0) is 157 Å². The molecule has 4 atom stereocenters. The molecule has 5 saturated carbocycles. The van der Waals surface area contributed by atoms with E-state index in [-0.39, 0.29) is 41.7 Å². The molecule has 0 aliphatic heterocycles. The third kappa shape index (κ3) is 14.5. The van der Waals surface area contributed by atoms with Gasteiger partial charge in [-0.1, -0.05) is 144 Å². The van der Waals surface area contributed by atoms with E-state index in [1.165, 1.54) is 134 Å². The molecule has 0 aromatic carbocycles. The van der Waals surface area contributed by atoms with Gasteiger partial charge in [0.15, 0.2) is 22.8 Å². The fourth-order valence-corrected chi connectivity index (χ4v) is 12.5. The van der Waals surface area contributed by atoms with E-state index in [1.807, 2.05) is 74.5 Å². The number of rotatable bonds is 15. The first kappa shape index (κ1) is 55.0. The minimum absolute atomic E-state index is 0.117. The summed E-state index contributed by atoms with van der Waals surface area (Å²) >= 11 is 0. The van der Waals surface area contributed by atoms with Crippen molar-refractivity contribution in [3.05, 3.63) is 57.9 Å². The zero-order valence-electron chi connectivity index (χ0n) is 43.8. The highest BCUT2D eigenvalue weighted by Gasteiger charge is 2.75. The Hall–Kier alpha value is -2.57. The van der Waals surface area contributed by atoms with E-state index in [0.717, 1.165) is 40.9 Å². The number of fused-ring (bicyclic) bond motifs is 2. The van der Waals surface area contributed by atoms with Gasteiger partial charge in [-0.15, -0.1) is 0 Å². The van der Waals surface area contributed by atoms with Crippen molar-refractivity contribution in [1.82, 2.24) is 10.6 Å². The lowest BCUT2D eigenvalue weighted by atomic mass is 9.38. The van der Waals surface area contributed by atoms with Crippen LogP contribution in [0.3, 0.4) is 0 Å². The van der Waals surface area contributed by atoms with Gasteiger partial charge >= 0.3 is 0 Å². The largest absolute Gasteiger partial charge is 0.511 e. The average Bonchev–Trinajstić information content (AvgIpc) is 3.27. The fourth-order valence-electron chi connectivity index (χ4n) is 12.5. The highest BCUT2D eigenvalue weighted by atomic mass is 16.3. The Labute approximate surface area is 399 Å². The van der Waals surface area contributed by atoms with Crippen LogP contribution in [0.25, 0.3) is 0 Å². The van der Waals surface area contributed by atoms with Crippen LogP contribution in [0.15, 0.2) is 57.9 Å². The molecule has 0 heterocycles. The molecule has 0 spiro atoms. The van der Waals surface area contributed by atoms with Crippen LogP contribution >= 0.6 is 0 Å². The average molecular weight is 899 g/mol. The number of allylic oxidation sites excluding steroid dienone is 10. The molecule has 0 aromatic heterocycles. The van der Waals surface area contributed by atoms with Gasteiger partial charge in [0.25, 0.3) is 0 Å². The Bertz CT molecular complexity index is 1620. The second kappa shape index (κ2) is 26.3. The first-order valence-electron chi connectivity index (χ1n) is 27.0. The molecule has 368 valence electrons. The second-order valence-electron chi connectivity index (χ2n) is 23.1. The van der Waals surface area contributed by atoms with Crippen LogP contribution in [0.5, 0.6) is 0 Å². The summed E-state index contributed by atoms with van der Waals surface area (Å²) in [5.41, 5.74) is 0.583. The normalized spacial score (nSPS) is 28.0. The smallest absolute Gasteiger partial charge is 0.184 e. The number of carbonyl (C=O) groups excluding carboxylic acids is 3. The summed E-state index contributed by atoms with van der Waals surface area (Å²) in [7, 11) is 0. The van der Waals surface area contributed by atoms with Crippen molar-refractivity contribution in [3.63, 3.8) is 0 Å². The third-order valence-electron chi connectivity index (χ3n) is 16.3. The minimum Gasteiger partial charge on any atom is -0.511 e. The van der Waals surface area contributed by atoms with Crippen LogP contribution < -0.4 is 10.6 Å². The highest BCUT2D eigenvalue weighted by molar-refractivity contribution is 6.33.